The van der Waals surface area contributed by atoms with Crippen molar-refractivity contribution >= 4 is 28.8 Å². The third kappa shape index (κ3) is 3.29. The first-order chi connectivity index (χ1) is 13.3. The topological polar surface area (TPSA) is 56.0 Å². The molecular formula is C18H10Cl2F3N5. The van der Waals surface area contributed by atoms with Gasteiger partial charge in [0.05, 0.1) is 5.69 Å². The van der Waals surface area contributed by atoms with Crippen molar-refractivity contribution in [1.29, 1.82) is 0 Å². The van der Waals surface area contributed by atoms with E-state index in [-0.39, 0.29) is 29.1 Å². The summed E-state index contributed by atoms with van der Waals surface area (Å²) in [5.41, 5.74) is 1.34. The van der Waals surface area contributed by atoms with Crippen molar-refractivity contribution in [2.24, 2.45) is 0 Å². The molecule has 142 valence electrons. The molecule has 0 fully saturated rings. The van der Waals surface area contributed by atoms with Crippen LogP contribution in [0.1, 0.15) is 16.8 Å². The Labute approximate surface area is 166 Å². The average Bonchev–Trinajstić information content (AvgIpc) is 3.12. The quantitative estimate of drug-likeness (QED) is 0.443. The first kappa shape index (κ1) is 18.6. The first-order valence-electron chi connectivity index (χ1n) is 7.99. The molecule has 0 unspecified atom stereocenters. The monoisotopic (exact) mass is 423 g/mol. The van der Waals surface area contributed by atoms with Crippen LogP contribution in [0.2, 0.25) is 10.3 Å². The maximum absolute atomic E-state index is 14.3. The van der Waals surface area contributed by atoms with Crippen LogP contribution in [0.5, 0.6) is 0 Å². The maximum Gasteiger partial charge on any atom is 0.197 e. The lowest BCUT2D eigenvalue weighted by Crippen LogP contribution is -2.05. The summed E-state index contributed by atoms with van der Waals surface area (Å²) in [5.74, 6) is -2.02. The fourth-order valence-electron chi connectivity index (χ4n) is 2.74. The van der Waals surface area contributed by atoms with Gasteiger partial charge >= 0.3 is 0 Å². The highest BCUT2D eigenvalue weighted by Gasteiger charge is 2.17. The van der Waals surface area contributed by atoms with E-state index in [4.69, 9.17) is 23.2 Å². The number of imidazole rings is 1. The molecule has 0 radical (unpaired) electrons. The van der Waals surface area contributed by atoms with E-state index in [1.165, 1.54) is 13.1 Å². The van der Waals surface area contributed by atoms with Crippen molar-refractivity contribution in [3.05, 3.63) is 75.3 Å². The average molecular weight is 424 g/mol. The summed E-state index contributed by atoms with van der Waals surface area (Å²) in [7, 11) is 0. The van der Waals surface area contributed by atoms with Crippen molar-refractivity contribution < 1.29 is 13.2 Å². The van der Waals surface area contributed by atoms with Crippen molar-refractivity contribution in [2.45, 2.75) is 13.3 Å². The van der Waals surface area contributed by atoms with Gasteiger partial charge in [-0.3, -0.25) is 0 Å². The first-order valence-corrected chi connectivity index (χ1v) is 8.75. The van der Waals surface area contributed by atoms with Crippen LogP contribution in [-0.2, 0) is 6.42 Å². The van der Waals surface area contributed by atoms with Gasteiger partial charge in [0.2, 0.25) is 0 Å². The summed E-state index contributed by atoms with van der Waals surface area (Å²) in [6.45, 7) is 1.48. The molecule has 0 aliphatic carbocycles. The third-order valence-electron chi connectivity index (χ3n) is 4.13. The highest BCUT2D eigenvalue weighted by atomic mass is 35.5. The number of hydrogen-bond acceptors (Lipinski definition) is 4. The van der Waals surface area contributed by atoms with Crippen molar-refractivity contribution in [3.8, 4) is 11.5 Å². The molecular weight excluding hydrogens is 414 g/mol. The zero-order valence-electron chi connectivity index (χ0n) is 14.2. The number of nitrogens with zero attached hydrogens (tertiary/aromatic N) is 5. The highest BCUT2D eigenvalue weighted by molar-refractivity contribution is 6.33. The van der Waals surface area contributed by atoms with Crippen molar-refractivity contribution in [3.63, 3.8) is 0 Å². The maximum atomic E-state index is 14.3. The third-order valence-corrected chi connectivity index (χ3v) is 4.63. The Morgan fingerprint density at radius 3 is 2.43 bits per heavy atom. The SMILES string of the molecule is Cc1cc(F)c(Cc2nc(-c3nc(Cl)c(F)c(Cl)n3)cn3ccnc23)cc1F. The molecule has 4 rings (SSSR count). The molecule has 0 atom stereocenters. The van der Waals surface area contributed by atoms with Crippen LogP contribution in [0.15, 0.2) is 30.7 Å². The minimum atomic E-state index is -0.937. The molecule has 1 aromatic carbocycles. The Kier molecular flexibility index (Phi) is 4.68. The molecule has 3 heterocycles. The van der Waals surface area contributed by atoms with E-state index in [1.807, 2.05) is 0 Å². The number of fused-ring (bicyclic) bond motifs is 1. The number of rotatable bonds is 3. The zero-order chi connectivity index (χ0) is 20.0. The number of aryl methyl sites for hydroxylation is 1. The molecule has 0 aliphatic heterocycles. The fourth-order valence-corrected chi connectivity index (χ4v) is 3.12. The molecule has 5 nitrogen and oxygen atoms in total. The van der Waals surface area contributed by atoms with E-state index in [1.54, 1.807) is 16.8 Å². The largest absolute Gasteiger partial charge is 0.303 e. The molecule has 0 aliphatic rings. The van der Waals surface area contributed by atoms with Crippen LogP contribution < -0.4 is 0 Å². The summed E-state index contributed by atoms with van der Waals surface area (Å²) in [6, 6.07) is 2.25. The van der Waals surface area contributed by atoms with E-state index < -0.39 is 27.8 Å². The standard InChI is InChI=1S/C18H10Cl2F3N5/c1-8-4-11(22)9(5-10(8)21)6-12-18-24-2-3-28(18)7-13(25-12)17-26-15(19)14(23)16(20)27-17/h2-5,7H,6H2,1H3. The van der Waals surface area contributed by atoms with Crippen LogP contribution >= 0.6 is 23.2 Å². The molecule has 4 aromatic rings. The Balaban J connectivity index is 1.86. The van der Waals surface area contributed by atoms with E-state index >= 15 is 0 Å². The van der Waals surface area contributed by atoms with E-state index in [2.05, 4.69) is 19.9 Å². The number of aromatic nitrogens is 5. The predicted octanol–water partition coefficient (Wildman–Crippen LogP) is 4.81. The molecule has 10 heteroatoms. The number of halogens is 5. The van der Waals surface area contributed by atoms with Gasteiger partial charge in [-0.15, -0.1) is 0 Å². The number of hydrogen-bond donors (Lipinski definition) is 0. The second kappa shape index (κ2) is 7.03. The Bertz CT molecular complexity index is 1200. The smallest absolute Gasteiger partial charge is 0.197 e. The summed E-state index contributed by atoms with van der Waals surface area (Å²) < 4.78 is 43.4. The second-order valence-electron chi connectivity index (χ2n) is 6.04. The molecule has 0 spiro atoms. The summed E-state index contributed by atoms with van der Waals surface area (Å²) in [6.07, 6.45) is 4.70. The van der Waals surface area contributed by atoms with E-state index in [0.29, 0.717) is 11.3 Å². The Morgan fingerprint density at radius 1 is 1.00 bits per heavy atom. The lowest BCUT2D eigenvalue weighted by atomic mass is 10.1. The molecule has 28 heavy (non-hydrogen) atoms. The van der Waals surface area contributed by atoms with Gasteiger partial charge in [0, 0.05) is 25.0 Å². The molecule has 0 bridgehead atoms. The van der Waals surface area contributed by atoms with Gasteiger partial charge < -0.3 is 4.40 Å². The zero-order valence-corrected chi connectivity index (χ0v) is 15.7. The molecule has 0 saturated heterocycles. The predicted molar refractivity (Wildman–Crippen MR) is 97.9 cm³/mol. The lowest BCUT2D eigenvalue weighted by Gasteiger charge is -2.09. The second-order valence-corrected chi connectivity index (χ2v) is 6.76. The van der Waals surface area contributed by atoms with E-state index in [0.717, 1.165) is 12.1 Å². The van der Waals surface area contributed by atoms with Gasteiger partial charge in [-0.05, 0) is 30.2 Å². The summed E-state index contributed by atoms with van der Waals surface area (Å²) in [5, 5.41) is -0.897. The minimum Gasteiger partial charge on any atom is -0.303 e. The van der Waals surface area contributed by atoms with Crippen LogP contribution in [0, 0.1) is 24.4 Å². The van der Waals surface area contributed by atoms with Crippen LogP contribution in [0.4, 0.5) is 13.2 Å². The Hall–Kier alpha value is -2.71. The van der Waals surface area contributed by atoms with Crippen LogP contribution in [0.25, 0.3) is 17.2 Å². The van der Waals surface area contributed by atoms with Gasteiger partial charge in [-0.25, -0.2) is 33.1 Å². The fraction of sp³-hybridized carbons (Fsp3) is 0.111. The minimum absolute atomic E-state index is 0.0104. The summed E-state index contributed by atoms with van der Waals surface area (Å²) in [4.78, 5) is 16.3. The van der Waals surface area contributed by atoms with Gasteiger partial charge in [0.25, 0.3) is 0 Å². The van der Waals surface area contributed by atoms with Crippen molar-refractivity contribution in [1.82, 2.24) is 24.3 Å². The normalized spacial score (nSPS) is 11.4. The highest BCUT2D eigenvalue weighted by Crippen LogP contribution is 2.25. The molecule has 0 saturated carbocycles. The summed E-state index contributed by atoms with van der Waals surface area (Å²) >= 11 is 11.5. The Morgan fingerprint density at radius 2 is 1.71 bits per heavy atom. The van der Waals surface area contributed by atoms with Gasteiger partial charge in [0.15, 0.2) is 27.6 Å². The van der Waals surface area contributed by atoms with Crippen molar-refractivity contribution in [2.75, 3.05) is 0 Å². The number of benzene rings is 1. The van der Waals surface area contributed by atoms with Gasteiger partial charge in [-0.2, -0.15) is 0 Å². The lowest BCUT2D eigenvalue weighted by molar-refractivity contribution is 0.581. The molecule has 0 N–H and O–H groups in total. The van der Waals surface area contributed by atoms with Gasteiger partial charge in [0.1, 0.15) is 17.3 Å². The molecule has 3 aromatic heterocycles. The van der Waals surface area contributed by atoms with Gasteiger partial charge in [-0.1, -0.05) is 23.2 Å². The van der Waals surface area contributed by atoms with Crippen LogP contribution in [0.3, 0.4) is 0 Å². The molecule has 0 amide bonds. The van der Waals surface area contributed by atoms with Crippen LogP contribution in [-0.4, -0.2) is 24.3 Å². The van der Waals surface area contributed by atoms with E-state index in [9.17, 15) is 13.2 Å².